The maximum atomic E-state index is 14.6. The fourth-order valence-corrected chi connectivity index (χ4v) is 5.44. The maximum Gasteiger partial charge on any atom is 0.209 e. The second kappa shape index (κ2) is 10.5. The second-order valence-electron chi connectivity index (χ2n) is 10.3. The first-order valence-electron chi connectivity index (χ1n) is 12.9. The lowest BCUT2D eigenvalue weighted by molar-refractivity contribution is 0.402. The van der Waals surface area contributed by atoms with Gasteiger partial charge in [0, 0.05) is 35.5 Å². The summed E-state index contributed by atoms with van der Waals surface area (Å²) in [5.74, 6) is -0.200. The van der Waals surface area contributed by atoms with Crippen LogP contribution in [0.5, 0.6) is 0 Å². The molecule has 0 aliphatic heterocycles. The van der Waals surface area contributed by atoms with Crippen molar-refractivity contribution in [3.05, 3.63) is 84.1 Å². The second-order valence-corrected chi connectivity index (χ2v) is 12.0. The van der Waals surface area contributed by atoms with Crippen LogP contribution >= 0.6 is 0 Å². The predicted molar refractivity (Wildman–Crippen MR) is 157 cm³/mol. The van der Waals surface area contributed by atoms with Crippen LogP contribution in [-0.4, -0.2) is 63.3 Å². The van der Waals surface area contributed by atoms with E-state index in [1.54, 1.807) is 18.5 Å². The van der Waals surface area contributed by atoms with Crippen molar-refractivity contribution < 1.29 is 12.8 Å². The zero-order chi connectivity index (χ0) is 28.7. The van der Waals surface area contributed by atoms with Gasteiger partial charge in [-0.2, -0.15) is 5.10 Å². The standard InChI is InChI=1S/C29H27FN8O2S/c1-38(2)16-18-9-20(14-32-13-18)25-12-23-26(15-33-25)36-37-28(23)29-34-24-5-3-4-22(27(24)35-29)19-8-17(10-21(30)11-19)6-7-41(31,39)40/h3-5,8-15H,6-7,16H2,1-2H3,(H,34,35)(H,36,37)(H2,31,39,40). The summed E-state index contributed by atoms with van der Waals surface area (Å²) in [6, 6.07) is 14.1. The Morgan fingerprint density at radius 3 is 2.61 bits per heavy atom. The SMILES string of the molecule is CN(C)Cc1cncc(-c2cc3c(-c4nc5c(-c6cc(F)cc(CCS(N)(=O)=O)c6)cccc5[nH]4)n[nH]c3cn2)c1. The lowest BCUT2D eigenvalue weighted by atomic mass is 10.0. The number of pyridine rings is 2. The van der Waals surface area contributed by atoms with Crippen molar-refractivity contribution in [2.75, 3.05) is 19.8 Å². The Hall–Kier alpha value is -4.52. The Balaban J connectivity index is 1.40. The van der Waals surface area contributed by atoms with Crippen LogP contribution in [0.25, 0.3) is 55.8 Å². The number of nitrogens with two attached hydrogens (primary N) is 1. The lowest BCUT2D eigenvalue weighted by Crippen LogP contribution is -2.18. The molecule has 0 saturated heterocycles. The molecule has 4 heterocycles. The number of nitrogens with zero attached hydrogens (tertiary/aromatic N) is 5. The molecule has 10 nitrogen and oxygen atoms in total. The third-order valence-electron chi connectivity index (χ3n) is 6.72. The first-order chi connectivity index (χ1) is 19.6. The van der Waals surface area contributed by atoms with Crippen LogP contribution in [0.1, 0.15) is 11.1 Å². The van der Waals surface area contributed by atoms with Gasteiger partial charge < -0.3 is 9.88 Å². The van der Waals surface area contributed by atoms with Crippen LogP contribution in [0.2, 0.25) is 0 Å². The molecule has 0 bridgehead atoms. The number of fused-ring (bicyclic) bond motifs is 2. The summed E-state index contributed by atoms with van der Waals surface area (Å²) in [6.07, 6.45) is 5.48. The molecule has 0 radical (unpaired) electrons. The van der Waals surface area contributed by atoms with E-state index in [0.29, 0.717) is 33.7 Å². The number of primary sulfonamides is 1. The number of halogens is 1. The summed E-state index contributed by atoms with van der Waals surface area (Å²) in [5, 5.41) is 13.5. The fourth-order valence-electron chi connectivity index (χ4n) is 4.92. The van der Waals surface area contributed by atoms with Crippen LogP contribution < -0.4 is 5.14 Å². The highest BCUT2D eigenvalue weighted by atomic mass is 32.2. The monoisotopic (exact) mass is 570 g/mol. The number of H-pyrrole nitrogens is 2. The number of aromatic amines is 2. The molecule has 4 aromatic heterocycles. The van der Waals surface area contributed by atoms with Crippen molar-refractivity contribution in [1.82, 2.24) is 35.0 Å². The summed E-state index contributed by atoms with van der Waals surface area (Å²) in [4.78, 5) is 19.3. The van der Waals surface area contributed by atoms with Gasteiger partial charge in [-0.15, -0.1) is 0 Å². The molecule has 0 aliphatic rings. The molecule has 41 heavy (non-hydrogen) atoms. The first-order valence-corrected chi connectivity index (χ1v) is 14.6. The Morgan fingerprint density at radius 2 is 1.80 bits per heavy atom. The molecule has 0 aliphatic carbocycles. The number of imidazole rings is 1. The number of nitrogens with one attached hydrogen (secondary N) is 2. The fraction of sp³-hybridized carbons (Fsp3) is 0.172. The number of para-hydroxylation sites is 1. The van der Waals surface area contributed by atoms with Gasteiger partial charge in [0.05, 0.1) is 34.2 Å². The van der Waals surface area contributed by atoms with Gasteiger partial charge >= 0.3 is 0 Å². The van der Waals surface area contributed by atoms with Crippen molar-refractivity contribution in [3.8, 4) is 33.9 Å². The average molecular weight is 571 g/mol. The van der Waals surface area contributed by atoms with Crippen LogP contribution in [0.4, 0.5) is 4.39 Å². The summed E-state index contributed by atoms with van der Waals surface area (Å²) < 4.78 is 37.4. The highest BCUT2D eigenvalue weighted by molar-refractivity contribution is 7.89. The molecule has 12 heteroatoms. The van der Waals surface area contributed by atoms with Crippen LogP contribution in [-0.2, 0) is 23.0 Å². The molecule has 6 rings (SSSR count). The van der Waals surface area contributed by atoms with Gasteiger partial charge in [0.2, 0.25) is 10.0 Å². The molecular weight excluding hydrogens is 543 g/mol. The average Bonchev–Trinajstić information content (AvgIpc) is 3.54. The normalized spacial score (nSPS) is 12.1. The quantitative estimate of drug-likeness (QED) is 0.248. The van der Waals surface area contributed by atoms with Crippen molar-refractivity contribution in [2.24, 2.45) is 5.14 Å². The third-order valence-corrected chi connectivity index (χ3v) is 7.49. The van der Waals surface area contributed by atoms with Gasteiger partial charge in [0.1, 0.15) is 11.5 Å². The minimum absolute atomic E-state index is 0.106. The number of hydrogen-bond acceptors (Lipinski definition) is 7. The maximum absolute atomic E-state index is 14.6. The van der Waals surface area contributed by atoms with Crippen LogP contribution in [0.15, 0.2) is 67.1 Å². The van der Waals surface area contributed by atoms with E-state index in [1.165, 1.54) is 12.1 Å². The van der Waals surface area contributed by atoms with Gasteiger partial charge in [-0.1, -0.05) is 18.2 Å². The van der Waals surface area contributed by atoms with Crippen LogP contribution in [0, 0.1) is 5.82 Å². The lowest BCUT2D eigenvalue weighted by Gasteiger charge is -2.10. The third kappa shape index (κ3) is 5.71. The van der Waals surface area contributed by atoms with Crippen LogP contribution in [0.3, 0.4) is 0 Å². The van der Waals surface area contributed by atoms with E-state index in [1.807, 2.05) is 44.6 Å². The van der Waals surface area contributed by atoms with Crippen molar-refractivity contribution >= 4 is 32.0 Å². The van der Waals surface area contributed by atoms with Crippen molar-refractivity contribution in [1.29, 1.82) is 0 Å². The zero-order valence-corrected chi connectivity index (χ0v) is 23.2. The molecule has 6 aromatic rings. The highest BCUT2D eigenvalue weighted by Gasteiger charge is 2.17. The van der Waals surface area contributed by atoms with Crippen molar-refractivity contribution in [3.63, 3.8) is 0 Å². The number of hydrogen-bond donors (Lipinski definition) is 3. The first kappa shape index (κ1) is 26.7. The Labute approximate surface area is 235 Å². The molecule has 4 N–H and O–H groups in total. The molecular formula is C29H27FN8O2S. The number of sulfonamides is 1. The number of aromatic nitrogens is 6. The summed E-state index contributed by atoms with van der Waals surface area (Å²) >= 11 is 0. The largest absolute Gasteiger partial charge is 0.337 e. The van der Waals surface area contributed by atoms with E-state index in [2.05, 4.69) is 36.1 Å². The predicted octanol–water partition coefficient (Wildman–Crippen LogP) is 4.26. The summed E-state index contributed by atoms with van der Waals surface area (Å²) in [6.45, 7) is 0.764. The molecule has 2 aromatic carbocycles. The van der Waals surface area contributed by atoms with E-state index in [-0.39, 0.29) is 12.2 Å². The van der Waals surface area contributed by atoms with E-state index in [4.69, 9.17) is 10.1 Å². The number of benzene rings is 2. The smallest absolute Gasteiger partial charge is 0.209 e. The van der Waals surface area contributed by atoms with Gasteiger partial charge in [-0.25, -0.2) is 22.9 Å². The molecule has 0 atom stereocenters. The van der Waals surface area contributed by atoms with E-state index in [0.717, 1.165) is 39.8 Å². The molecule has 0 unspecified atom stereocenters. The van der Waals surface area contributed by atoms with E-state index >= 15 is 0 Å². The summed E-state index contributed by atoms with van der Waals surface area (Å²) in [7, 11) is 0.344. The summed E-state index contributed by atoms with van der Waals surface area (Å²) in [5.41, 5.74) is 7.32. The Kier molecular flexibility index (Phi) is 6.81. The molecule has 208 valence electrons. The molecule has 0 amide bonds. The van der Waals surface area contributed by atoms with Gasteiger partial charge in [0.15, 0.2) is 5.82 Å². The van der Waals surface area contributed by atoms with E-state index < -0.39 is 15.8 Å². The van der Waals surface area contributed by atoms with E-state index in [9.17, 15) is 12.8 Å². The van der Waals surface area contributed by atoms with Gasteiger partial charge in [-0.05, 0) is 67.5 Å². The zero-order valence-electron chi connectivity index (χ0n) is 22.4. The topological polar surface area (TPSA) is 147 Å². The van der Waals surface area contributed by atoms with Crippen molar-refractivity contribution in [2.45, 2.75) is 13.0 Å². The van der Waals surface area contributed by atoms with Gasteiger partial charge in [0.25, 0.3) is 0 Å². The number of aryl methyl sites for hydroxylation is 1. The van der Waals surface area contributed by atoms with Gasteiger partial charge in [-0.3, -0.25) is 15.1 Å². The number of rotatable bonds is 8. The Morgan fingerprint density at radius 1 is 0.976 bits per heavy atom. The Bertz CT molecular complexity index is 2020. The molecule has 0 spiro atoms. The minimum Gasteiger partial charge on any atom is -0.337 e. The molecule has 0 fully saturated rings. The minimum atomic E-state index is -3.67. The highest BCUT2D eigenvalue weighted by Crippen LogP contribution is 2.33. The molecule has 0 saturated carbocycles.